The summed E-state index contributed by atoms with van der Waals surface area (Å²) in [6.45, 7) is 0. The maximum atomic E-state index is 12.9. The summed E-state index contributed by atoms with van der Waals surface area (Å²) in [5.74, 6) is 0.158. The van der Waals surface area contributed by atoms with Crippen LogP contribution in [0.25, 0.3) is 11.6 Å². The number of alkyl halides is 3. The Morgan fingerprint density at radius 3 is 1.70 bits per heavy atom. The molecule has 0 radical (unpaired) electrons. The molecule has 0 aliphatic carbocycles. The van der Waals surface area contributed by atoms with E-state index in [2.05, 4.69) is 15.2 Å². The van der Waals surface area contributed by atoms with Crippen molar-refractivity contribution in [3.63, 3.8) is 0 Å². The van der Waals surface area contributed by atoms with Crippen LogP contribution < -0.4 is 0 Å². The molecular weight excluding hydrogens is 271 g/mol. The van der Waals surface area contributed by atoms with Crippen LogP contribution in [0.5, 0.6) is 0 Å². The van der Waals surface area contributed by atoms with Gasteiger partial charge >= 0.3 is 6.18 Å². The number of nitrogens with zero attached hydrogens (tertiary/aromatic N) is 5. The van der Waals surface area contributed by atoms with Crippen molar-refractivity contribution in [1.29, 1.82) is 0 Å². The first-order chi connectivity index (χ1) is 9.54. The molecule has 0 amide bonds. The maximum absolute atomic E-state index is 12.9. The zero-order valence-electron chi connectivity index (χ0n) is 9.99. The quantitative estimate of drug-likeness (QED) is 0.724. The fourth-order valence-electron chi connectivity index (χ4n) is 1.71. The monoisotopic (exact) mass is 279 g/mol. The van der Waals surface area contributed by atoms with Gasteiger partial charge in [-0.1, -0.05) is 0 Å². The van der Waals surface area contributed by atoms with E-state index in [1.807, 2.05) is 0 Å². The standard InChI is InChI=1S/C12H8F3N5/c13-12(14,15)9-7-10(19-5-1-3-16-19)18-11(8-9)20-6-2-4-17-20/h1-8H. The smallest absolute Gasteiger partial charge is 0.223 e. The lowest BCUT2D eigenvalue weighted by Gasteiger charge is -2.11. The molecule has 3 heterocycles. The van der Waals surface area contributed by atoms with Crippen LogP contribution in [0.4, 0.5) is 13.2 Å². The number of halogens is 3. The Hall–Kier alpha value is -2.64. The highest BCUT2D eigenvalue weighted by molar-refractivity contribution is 5.38. The van der Waals surface area contributed by atoms with Crippen molar-refractivity contribution < 1.29 is 13.2 Å². The van der Waals surface area contributed by atoms with Gasteiger partial charge in [-0.3, -0.25) is 0 Å². The molecule has 0 unspecified atom stereocenters. The van der Waals surface area contributed by atoms with Gasteiger partial charge in [-0.25, -0.2) is 14.3 Å². The van der Waals surface area contributed by atoms with Crippen LogP contribution >= 0.6 is 0 Å². The molecule has 0 bridgehead atoms. The normalized spacial score (nSPS) is 11.8. The topological polar surface area (TPSA) is 48.5 Å². The second-order valence-electron chi connectivity index (χ2n) is 3.97. The molecule has 0 atom stereocenters. The summed E-state index contributed by atoms with van der Waals surface area (Å²) < 4.78 is 41.4. The molecule has 102 valence electrons. The van der Waals surface area contributed by atoms with Gasteiger partial charge in [0.1, 0.15) is 0 Å². The summed E-state index contributed by atoms with van der Waals surface area (Å²) in [5, 5.41) is 7.78. The molecule has 0 saturated heterocycles. The summed E-state index contributed by atoms with van der Waals surface area (Å²) in [6.07, 6.45) is 1.52. The minimum absolute atomic E-state index is 0.0790. The van der Waals surface area contributed by atoms with E-state index in [9.17, 15) is 13.2 Å². The fourth-order valence-corrected chi connectivity index (χ4v) is 1.71. The molecule has 0 aliphatic rings. The van der Waals surface area contributed by atoms with Crippen molar-refractivity contribution in [2.24, 2.45) is 0 Å². The van der Waals surface area contributed by atoms with Gasteiger partial charge in [0.15, 0.2) is 11.6 Å². The lowest BCUT2D eigenvalue weighted by Crippen LogP contribution is -2.11. The first kappa shape index (κ1) is 12.4. The largest absolute Gasteiger partial charge is 0.416 e. The van der Waals surface area contributed by atoms with Crippen molar-refractivity contribution in [1.82, 2.24) is 24.5 Å². The number of hydrogen-bond donors (Lipinski definition) is 0. The van der Waals surface area contributed by atoms with Crippen molar-refractivity contribution in [2.45, 2.75) is 6.18 Å². The minimum atomic E-state index is -4.47. The van der Waals surface area contributed by atoms with Crippen LogP contribution in [0.1, 0.15) is 5.56 Å². The average Bonchev–Trinajstić information content (AvgIpc) is 3.10. The van der Waals surface area contributed by atoms with Crippen molar-refractivity contribution in [3.05, 3.63) is 54.6 Å². The van der Waals surface area contributed by atoms with Gasteiger partial charge in [-0.15, -0.1) is 0 Å². The molecule has 3 rings (SSSR count). The number of pyridine rings is 1. The molecule has 0 aromatic carbocycles. The van der Waals surface area contributed by atoms with Crippen LogP contribution in [0.2, 0.25) is 0 Å². The Balaban J connectivity index is 2.19. The van der Waals surface area contributed by atoms with E-state index in [0.717, 1.165) is 12.1 Å². The summed E-state index contributed by atoms with van der Waals surface area (Å²) >= 11 is 0. The number of hydrogen-bond acceptors (Lipinski definition) is 3. The van der Waals surface area contributed by atoms with Gasteiger partial charge in [-0.05, 0) is 24.3 Å². The third kappa shape index (κ3) is 2.27. The SMILES string of the molecule is FC(F)(F)c1cc(-n2cccn2)nc(-n2cccn2)c1. The van der Waals surface area contributed by atoms with Crippen LogP contribution in [0.15, 0.2) is 49.1 Å². The molecule has 8 heteroatoms. The summed E-state index contributed by atoms with van der Waals surface area (Å²) in [5.41, 5.74) is -0.802. The number of rotatable bonds is 2. The molecule has 0 saturated carbocycles. The lowest BCUT2D eigenvalue weighted by atomic mass is 10.2. The molecule has 0 N–H and O–H groups in total. The molecule has 3 aromatic heterocycles. The van der Waals surface area contributed by atoms with E-state index in [1.165, 1.54) is 34.2 Å². The summed E-state index contributed by atoms with van der Waals surface area (Å²) in [7, 11) is 0. The highest BCUT2D eigenvalue weighted by Gasteiger charge is 2.32. The second kappa shape index (κ2) is 4.48. The molecule has 20 heavy (non-hydrogen) atoms. The molecular formula is C12H8F3N5. The van der Waals surface area contributed by atoms with Crippen LogP contribution in [-0.4, -0.2) is 24.5 Å². The minimum Gasteiger partial charge on any atom is -0.223 e. The van der Waals surface area contributed by atoms with Gasteiger partial charge in [0.05, 0.1) is 5.56 Å². The highest BCUT2D eigenvalue weighted by Crippen LogP contribution is 2.31. The Morgan fingerprint density at radius 1 is 0.850 bits per heavy atom. The Bertz CT molecular complexity index is 649. The van der Waals surface area contributed by atoms with Crippen molar-refractivity contribution >= 4 is 0 Å². The predicted molar refractivity (Wildman–Crippen MR) is 63.5 cm³/mol. The van der Waals surface area contributed by atoms with Gasteiger partial charge in [0, 0.05) is 24.8 Å². The molecule has 3 aromatic rings. The first-order valence-corrected chi connectivity index (χ1v) is 5.63. The molecule has 0 aliphatic heterocycles. The zero-order chi connectivity index (χ0) is 14.2. The van der Waals surface area contributed by atoms with E-state index in [1.54, 1.807) is 12.1 Å². The van der Waals surface area contributed by atoms with Gasteiger partial charge < -0.3 is 0 Å². The van der Waals surface area contributed by atoms with Crippen LogP contribution in [-0.2, 0) is 6.18 Å². The third-order valence-electron chi connectivity index (χ3n) is 2.60. The van der Waals surface area contributed by atoms with E-state index in [-0.39, 0.29) is 11.6 Å². The van der Waals surface area contributed by atoms with Crippen molar-refractivity contribution in [2.75, 3.05) is 0 Å². The van der Waals surface area contributed by atoms with E-state index in [4.69, 9.17) is 0 Å². The summed E-state index contributed by atoms with van der Waals surface area (Å²) in [6, 6.07) is 5.10. The molecule has 5 nitrogen and oxygen atoms in total. The number of aromatic nitrogens is 5. The van der Waals surface area contributed by atoms with Crippen molar-refractivity contribution in [3.8, 4) is 11.6 Å². The van der Waals surface area contributed by atoms with E-state index >= 15 is 0 Å². The Kier molecular flexibility index (Phi) is 2.78. The molecule has 0 spiro atoms. The van der Waals surface area contributed by atoms with Crippen LogP contribution in [0.3, 0.4) is 0 Å². The van der Waals surface area contributed by atoms with E-state index < -0.39 is 11.7 Å². The maximum Gasteiger partial charge on any atom is 0.416 e. The average molecular weight is 279 g/mol. The Labute approximate surface area is 111 Å². The summed E-state index contributed by atoms with van der Waals surface area (Å²) in [4.78, 5) is 4.13. The predicted octanol–water partition coefficient (Wildman–Crippen LogP) is 2.47. The van der Waals surface area contributed by atoms with Crippen LogP contribution in [0, 0.1) is 0 Å². The molecule has 0 fully saturated rings. The van der Waals surface area contributed by atoms with Gasteiger partial charge in [0.25, 0.3) is 0 Å². The highest BCUT2D eigenvalue weighted by atomic mass is 19.4. The second-order valence-corrected chi connectivity index (χ2v) is 3.97. The first-order valence-electron chi connectivity index (χ1n) is 5.63. The van der Waals surface area contributed by atoms with Gasteiger partial charge in [0.2, 0.25) is 0 Å². The third-order valence-corrected chi connectivity index (χ3v) is 2.60. The fraction of sp³-hybridized carbons (Fsp3) is 0.0833. The zero-order valence-corrected chi connectivity index (χ0v) is 9.99. The Morgan fingerprint density at radius 2 is 1.35 bits per heavy atom. The van der Waals surface area contributed by atoms with Gasteiger partial charge in [-0.2, -0.15) is 23.4 Å². The lowest BCUT2D eigenvalue weighted by molar-refractivity contribution is -0.137. The van der Waals surface area contributed by atoms with E-state index in [0.29, 0.717) is 0 Å².